The van der Waals surface area contributed by atoms with Crippen molar-refractivity contribution >= 4 is 23.2 Å². The maximum atomic E-state index is 6.15. The van der Waals surface area contributed by atoms with Crippen LogP contribution in [0.4, 0.5) is 0 Å². The lowest BCUT2D eigenvalue weighted by atomic mass is 10.2. The Bertz CT molecular complexity index is 417. The number of hydrogen-bond acceptors (Lipinski definition) is 4. The molecule has 2 heterocycles. The molecule has 1 fully saturated rings. The third-order valence-corrected chi connectivity index (χ3v) is 3.88. The van der Waals surface area contributed by atoms with E-state index < -0.39 is 0 Å². The van der Waals surface area contributed by atoms with E-state index in [0.717, 1.165) is 38.0 Å². The highest BCUT2D eigenvalue weighted by atomic mass is 35.5. The van der Waals surface area contributed by atoms with Gasteiger partial charge in [0.05, 0.1) is 6.61 Å². The predicted molar refractivity (Wildman–Crippen MR) is 76.9 cm³/mol. The summed E-state index contributed by atoms with van der Waals surface area (Å²) >= 11 is 12.3. The molecule has 1 unspecified atom stereocenters. The van der Waals surface area contributed by atoms with Gasteiger partial charge in [0.2, 0.25) is 0 Å². The molecule has 0 radical (unpaired) electrons. The summed E-state index contributed by atoms with van der Waals surface area (Å²) in [6.45, 7) is 7.67. The Morgan fingerprint density at radius 1 is 1.26 bits per heavy atom. The largest absolute Gasteiger partial charge is 0.368 e. The Morgan fingerprint density at radius 3 is 2.53 bits per heavy atom. The minimum Gasteiger partial charge on any atom is -0.368 e. The van der Waals surface area contributed by atoms with Crippen LogP contribution in [0.25, 0.3) is 0 Å². The summed E-state index contributed by atoms with van der Waals surface area (Å²) in [4.78, 5) is 11.0. The van der Waals surface area contributed by atoms with Gasteiger partial charge in [0.25, 0.3) is 0 Å². The summed E-state index contributed by atoms with van der Waals surface area (Å²) < 4.78 is 5.74. The first-order valence-corrected chi connectivity index (χ1v) is 7.47. The van der Waals surface area contributed by atoms with Crippen molar-refractivity contribution in [3.05, 3.63) is 21.7 Å². The van der Waals surface area contributed by atoms with Gasteiger partial charge in [-0.15, -0.1) is 0 Å². The predicted octanol–water partition coefficient (Wildman–Crippen LogP) is 3.13. The SMILES string of the molecule is CCCN1CCOC(c2nc(Cl)c(CC)c(Cl)n2)C1. The number of ether oxygens (including phenoxy) is 1. The normalized spacial score (nSPS) is 20.7. The van der Waals surface area contributed by atoms with Gasteiger partial charge in [0.15, 0.2) is 5.82 Å². The van der Waals surface area contributed by atoms with Crippen molar-refractivity contribution < 1.29 is 4.74 Å². The maximum Gasteiger partial charge on any atom is 0.161 e. The zero-order valence-corrected chi connectivity index (χ0v) is 12.8. The van der Waals surface area contributed by atoms with Crippen LogP contribution in [0.15, 0.2) is 0 Å². The lowest BCUT2D eigenvalue weighted by molar-refractivity contribution is -0.0342. The van der Waals surface area contributed by atoms with Crippen LogP contribution in [0.3, 0.4) is 0 Å². The monoisotopic (exact) mass is 303 g/mol. The summed E-state index contributed by atoms with van der Waals surface area (Å²) in [5.41, 5.74) is 0.799. The molecule has 2 rings (SSSR count). The van der Waals surface area contributed by atoms with Crippen molar-refractivity contribution in [2.24, 2.45) is 0 Å². The van der Waals surface area contributed by atoms with E-state index in [1.807, 2.05) is 6.92 Å². The Labute approximate surface area is 124 Å². The average Bonchev–Trinajstić information content (AvgIpc) is 2.39. The molecule has 1 saturated heterocycles. The van der Waals surface area contributed by atoms with Crippen LogP contribution in [0, 0.1) is 0 Å². The van der Waals surface area contributed by atoms with Crippen molar-refractivity contribution in [3.63, 3.8) is 0 Å². The topological polar surface area (TPSA) is 38.2 Å². The molecule has 0 amide bonds. The minimum atomic E-state index is -0.138. The molecule has 4 nitrogen and oxygen atoms in total. The molecule has 6 heteroatoms. The highest BCUT2D eigenvalue weighted by Crippen LogP contribution is 2.26. The molecule has 1 atom stereocenters. The summed E-state index contributed by atoms with van der Waals surface area (Å²) in [5, 5.41) is 0.877. The first kappa shape index (κ1) is 15.0. The van der Waals surface area contributed by atoms with E-state index in [9.17, 15) is 0 Å². The van der Waals surface area contributed by atoms with Crippen LogP contribution < -0.4 is 0 Å². The molecule has 0 aromatic carbocycles. The molecule has 1 aliphatic rings. The molecular weight excluding hydrogens is 285 g/mol. The maximum absolute atomic E-state index is 6.15. The molecule has 1 aromatic rings. The molecule has 0 N–H and O–H groups in total. The zero-order chi connectivity index (χ0) is 13.8. The van der Waals surface area contributed by atoms with Gasteiger partial charge in [0.1, 0.15) is 16.4 Å². The van der Waals surface area contributed by atoms with E-state index in [-0.39, 0.29) is 6.10 Å². The van der Waals surface area contributed by atoms with E-state index in [2.05, 4.69) is 21.8 Å². The van der Waals surface area contributed by atoms with Gasteiger partial charge in [0, 0.05) is 18.7 Å². The van der Waals surface area contributed by atoms with E-state index in [1.165, 1.54) is 0 Å². The molecule has 19 heavy (non-hydrogen) atoms. The number of halogens is 2. The van der Waals surface area contributed by atoms with Gasteiger partial charge in [-0.1, -0.05) is 37.0 Å². The Balaban J connectivity index is 2.17. The van der Waals surface area contributed by atoms with Crippen molar-refractivity contribution in [2.45, 2.75) is 32.8 Å². The molecule has 1 aromatic heterocycles. The van der Waals surface area contributed by atoms with Crippen LogP contribution in [0.2, 0.25) is 10.3 Å². The van der Waals surface area contributed by atoms with Gasteiger partial charge >= 0.3 is 0 Å². The van der Waals surface area contributed by atoms with Gasteiger partial charge < -0.3 is 4.74 Å². The van der Waals surface area contributed by atoms with Crippen molar-refractivity contribution in [2.75, 3.05) is 26.2 Å². The van der Waals surface area contributed by atoms with Crippen LogP contribution in [-0.4, -0.2) is 41.1 Å². The smallest absolute Gasteiger partial charge is 0.161 e. The fourth-order valence-electron chi connectivity index (χ4n) is 2.26. The lowest BCUT2D eigenvalue weighted by Crippen LogP contribution is -2.39. The van der Waals surface area contributed by atoms with Gasteiger partial charge in [-0.05, 0) is 19.4 Å². The Morgan fingerprint density at radius 2 is 1.95 bits per heavy atom. The van der Waals surface area contributed by atoms with E-state index >= 15 is 0 Å². The highest BCUT2D eigenvalue weighted by molar-refractivity contribution is 6.34. The van der Waals surface area contributed by atoms with E-state index in [1.54, 1.807) is 0 Å². The summed E-state index contributed by atoms with van der Waals surface area (Å²) in [6.07, 6.45) is 1.72. The van der Waals surface area contributed by atoms with Crippen LogP contribution in [-0.2, 0) is 11.2 Å². The van der Waals surface area contributed by atoms with E-state index in [0.29, 0.717) is 22.7 Å². The standard InChI is InChI=1S/C13H19Cl2N3O/c1-3-5-18-6-7-19-10(8-18)13-16-11(14)9(4-2)12(15)17-13/h10H,3-8H2,1-2H3. The minimum absolute atomic E-state index is 0.138. The summed E-state index contributed by atoms with van der Waals surface area (Å²) in [5.74, 6) is 0.591. The first-order valence-electron chi connectivity index (χ1n) is 6.71. The van der Waals surface area contributed by atoms with Crippen LogP contribution >= 0.6 is 23.2 Å². The molecule has 1 aliphatic heterocycles. The second-order valence-corrected chi connectivity index (χ2v) is 5.37. The van der Waals surface area contributed by atoms with Crippen LogP contribution in [0.1, 0.15) is 37.8 Å². The van der Waals surface area contributed by atoms with E-state index in [4.69, 9.17) is 27.9 Å². The van der Waals surface area contributed by atoms with Crippen LogP contribution in [0.5, 0.6) is 0 Å². The van der Waals surface area contributed by atoms with Gasteiger partial charge in [-0.25, -0.2) is 9.97 Å². The quantitative estimate of drug-likeness (QED) is 0.801. The lowest BCUT2D eigenvalue weighted by Gasteiger charge is -2.31. The molecule has 0 bridgehead atoms. The van der Waals surface area contributed by atoms with Crippen molar-refractivity contribution in [1.29, 1.82) is 0 Å². The van der Waals surface area contributed by atoms with Crippen molar-refractivity contribution in [3.8, 4) is 0 Å². The Kier molecular flexibility index (Phi) is 5.39. The molecule has 0 saturated carbocycles. The third-order valence-electron chi connectivity index (χ3n) is 3.26. The number of morpholine rings is 1. The zero-order valence-electron chi connectivity index (χ0n) is 11.3. The third kappa shape index (κ3) is 3.57. The second-order valence-electron chi connectivity index (χ2n) is 4.66. The molecular formula is C13H19Cl2N3O. The number of hydrogen-bond donors (Lipinski definition) is 0. The fraction of sp³-hybridized carbons (Fsp3) is 0.692. The van der Waals surface area contributed by atoms with Gasteiger partial charge in [-0.3, -0.25) is 4.90 Å². The molecule has 0 spiro atoms. The molecule has 106 valence electrons. The average molecular weight is 304 g/mol. The fourth-order valence-corrected chi connectivity index (χ4v) is 2.93. The first-order chi connectivity index (χ1) is 9.15. The molecule has 0 aliphatic carbocycles. The Hall–Kier alpha value is -0.420. The highest BCUT2D eigenvalue weighted by Gasteiger charge is 2.25. The summed E-state index contributed by atoms with van der Waals surface area (Å²) in [6, 6.07) is 0. The summed E-state index contributed by atoms with van der Waals surface area (Å²) in [7, 11) is 0. The number of rotatable bonds is 4. The second kappa shape index (κ2) is 6.84. The van der Waals surface area contributed by atoms with Gasteiger partial charge in [-0.2, -0.15) is 0 Å². The van der Waals surface area contributed by atoms with Crippen molar-refractivity contribution in [1.82, 2.24) is 14.9 Å². The number of aromatic nitrogens is 2. The number of nitrogens with zero attached hydrogens (tertiary/aromatic N) is 3.